The van der Waals surface area contributed by atoms with E-state index in [1.807, 2.05) is 30.3 Å². The fraction of sp³-hybridized carbons (Fsp3) is 0.214. The van der Waals surface area contributed by atoms with Crippen molar-refractivity contribution in [1.82, 2.24) is 0 Å². The molecule has 0 bridgehead atoms. The summed E-state index contributed by atoms with van der Waals surface area (Å²) in [6, 6.07) is 10.1. The van der Waals surface area contributed by atoms with Crippen LogP contribution < -0.4 is 0 Å². The topological polar surface area (TPSA) is 17.1 Å². The Bertz CT molecular complexity index is 477. The second kappa shape index (κ2) is 5.08. The third-order valence-corrected chi connectivity index (χ3v) is 3.67. The molecular weight excluding hydrogens is 216 g/mol. The summed E-state index contributed by atoms with van der Waals surface area (Å²) in [6.07, 6.45) is 4.30. The van der Waals surface area contributed by atoms with E-state index in [-0.39, 0.29) is 5.78 Å². The maximum atomic E-state index is 11.9. The molecule has 0 saturated heterocycles. The van der Waals surface area contributed by atoms with Crippen molar-refractivity contribution >= 4 is 27.2 Å². The predicted molar refractivity (Wildman–Crippen MR) is 70.2 cm³/mol. The average molecular weight is 230 g/mol. The van der Waals surface area contributed by atoms with Gasteiger partial charge in [-0.1, -0.05) is 24.3 Å². The van der Waals surface area contributed by atoms with Crippen molar-refractivity contribution in [2.45, 2.75) is 19.3 Å². The van der Waals surface area contributed by atoms with Gasteiger partial charge in [0.1, 0.15) is 0 Å². The van der Waals surface area contributed by atoms with Crippen molar-refractivity contribution in [2.75, 3.05) is 0 Å². The Morgan fingerprint density at radius 3 is 2.94 bits per heavy atom. The summed E-state index contributed by atoms with van der Waals surface area (Å²) in [6.45, 7) is 3.66. The largest absolute Gasteiger partial charge is 0.293 e. The second-order valence-corrected chi connectivity index (χ2v) is 4.84. The molecule has 0 fully saturated rings. The average Bonchev–Trinajstić information content (AvgIpc) is 2.73. The summed E-state index contributed by atoms with van der Waals surface area (Å²) in [5.41, 5.74) is 0. The normalized spacial score (nSPS) is 10.5. The highest BCUT2D eigenvalue weighted by molar-refractivity contribution is 7.20. The van der Waals surface area contributed by atoms with Crippen LogP contribution in [0.15, 0.2) is 43.0 Å². The summed E-state index contributed by atoms with van der Waals surface area (Å²) in [7, 11) is 0. The Morgan fingerprint density at radius 1 is 1.38 bits per heavy atom. The highest BCUT2D eigenvalue weighted by Crippen LogP contribution is 2.26. The zero-order valence-electron chi connectivity index (χ0n) is 9.11. The van der Waals surface area contributed by atoms with Gasteiger partial charge in [0.25, 0.3) is 0 Å². The first-order valence-electron chi connectivity index (χ1n) is 5.44. The SMILES string of the molecule is C=CCCCC(=O)c1cc2ccccc2s1. The van der Waals surface area contributed by atoms with Crippen LogP contribution in [0.5, 0.6) is 0 Å². The molecule has 1 aromatic carbocycles. The van der Waals surface area contributed by atoms with Gasteiger partial charge in [-0.05, 0) is 30.4 Å². The number of hydrogen-bond acceptors (Lipinski definition) is 2. The van der Waals surface area contributed by atoms with Gasteiger partial charge in [-0.15, -0.1) is 17.9 Å². The Morgan fingerprint density at radius 2 is 2.19 bits per heavy atom. The number of rotatable bonds is 5. The van der Waals surface area contributed by atoms with E-state index >= 15 is 0 Å². The molecule has 0 atom stereocenters. The fourth-order valence-corrected chi connectivity index (χ4v) is 2.68. The lowest BCUT2D eigenvalue weighted by molar-refractivity contribution is 0.0984. The molecule has 2 aromatic rings. The third-order valence-electron chi connectivity index (χ3n) is 2.51. The number of Topliss-reactive ketones (excluding diaryl/α,β-unsaturated/α-hetero) is 1. The van der Waals surface area contributed by atoms with Crippen LogP contribution in [-0.4, -0.2) is 5.78 Å². The fourth-order valence-electron chi connectivity index (χ4n) is 1.65. The molecule has 0 radical (unpaired) electrons. The first-order valence-corrected chi connectivity index (χ1v) is 6.25. The molecule has 0 aliphatic rings. The Balaban J connectivity index is 2.13. The van der Waals surface area contributed by atoms with Crippen LogP contribution in [0.25, 0.3) is 10.1 Å². The minimum Gasteiger partial charge on any atom is -0.293 e. The molecule has 1 nitrogen and oxygen atoms in total. The number of carbonyl (C=O) groups excluding carboxylic acids is 1. The zero-order valence-corrected chi connectivity index (χ0v) is 9.93. The number of ketones is 1. The third kappa shape index (κ3) is 2.39. The summed E-state index contributed by atoms with van der Waals surface area (Å²) < 4.78 is 1.19. The predicted octanol–water partition coefficient (Wildman–Crippen LogP) is 4.44. The van der Waals surface area contributed by atoms with E-state index in [4.69, 9.17) is 0 Å². The molecule has 0 saturated carbocycles. The molecule has 0 aliphatic heterocycles. The van der Waals surface area contributed by atoms with Crippen LogP contribution in [0.4, 0.5) is 0 Å². The molecule has 0 amide bonds. The highest BCUT2D eigenvalue weighted by atomic mass is 32.1. The monoisotopic (exact) mass is 230 g/mol. The van der Waals surface area contributed by atoms with E-state index in [0.717, 1.165) is 17.7 Å². The zero-order chi connectivity index (χ0) is 11.4. The molecule has 82 valence electrons. The van der Waals surface area contributed by atoms with Gasteiger partial charge in [-0.2, -0.15) is 0 Å². The van der Waals surface area contributed by atoms with Crippen molar-refractivity contribution in [3.05, 3.63) is 47.9 Å². The molecule has 1 aromatic heterocycles. The number of benzene rings is 1. The van der Waals surface area contributed by atoms with Crippen molar-refractivity contribution in [1.29, 1.82) is 0 Å². The summed E-state index contributed by atoms with van der Waals surface area (Å²) in [4.78, 5) is 12.7. The summed E-state index contributed by atoms with van der Waals surface area (Å²) in [5.74, 6) is 0.253. The lowest BCUT2D eigenvalue weighted by Gasteiger charge is -1.94. The number of fused-ring (bicyclic) bond motifs is 1. The second-order valence-electron chi connectivity index (χ2n) is 3.75. The van der Waals surface area contributed by atoms with Crippen LogP contribution in [0.1, 0.15) is 28.9 Å². The summed E-state index contributed by atoms with van der Waals surface area (Å²) in [5, 5.41) is 1.17. The lowest BCUT2D eigenvalue weighted by atomic mass is 10.1. The smallest absolute Gasteiger partial charge is 0.172 e. The molecule has 1 heterocycles. The first-order chi connectivity index (χ1) is 7.81. The van der Waals surface area contributed by atoms with E-state index < -0.39 is 0 Å². The van der Waals surface area contributed by atoms with Gasteiger partial charge >= 0.3 is 0 Å². The molecule has 0 aliphatic carbocycles. The van der Waals surface area contributed by atoms with E-state index in [9.17, 15) is 4.79 Å². The van der Waals surface area contributed by atoms with Crippen LogP contribution in [0, 0.1) is 0 Å². The molecule has 0 spiro atoms. The van der Waals surface area contributed by atoms with E-state index in [2.05, 4.69) is 12.6 Å². The van der Waals surface area contributed by atoms with E-state index in [0.29, 0.717) is 6.42 Å². The van der Waals surface area contributed by atoms with E-state index in [1.54, 1.807) is 11.3 Å². The minimum atomic E-state index is 0.253. The number of thiophene rings is 1. The number of allylic oxidation sites excluding steroid dienone is 1. The lowest BCUT2D eigenvalue weighted by Crippen LogP contribution is -1.94. The first kappa shape index (κ1) is 11.1. The Hall–Kier alpha value is -1.41. The van der Waals surface area contributed by atoms with Gasteiger partial charge in [0.2, 0.25) is 0 Å². The minimum absolute atomic E-state index is 0.253. The van der Waals surface area contributed by atoms with Crippen LogP contribution >= 0.6 is 11.3 Å². The van der Waals surface area contributed by atoms with Gasteiger partial charge in [-0.3, -0.25) is 4.79 Å². The Kier molecular flexibility index (Phi) is 3.52. The maximum absolute atomic E-state index is 11.9. The summed E-state index contributed by atoms with van der Waals surface area (Å²) >= 11 is 1.59. The molecule has 2 heteroatoms. The highest BCUT2D eigenvalue weighted by Gasteiger charge is 2.09. The van der Waals surface area contributed by atoms with Gasteiger partial charge in [-0.25, -0.2) is 0 Å². The van der Waals surface area contributed by atoms with Crippen molar-refractivity contribution in [2.24, 2.45) is 0 Å². The van der Waals surface area contributed by atoms with Crippen molar-refractivity contribution in [3.63, 3.8) is 0 Å². The maximum Gasteiger partial charge on any atom is 0.172 e. The van der Waals surface area contributed by atoms with Crippen molar-refractivity contribution in [3.8, 4) is 0 Å². The van der Waals surface area contributed by atoms with Gasteiger partial charge in [0, 0.05) is 11.1 Å². The molecule has 16 heavy (non-hydrogen) atoms. The number of carbonyl (C=O) groups is 1. The quantitative estimate of drug-likeness (QED) is 0.421. The van der Waals surface area contributed by atoms with Gasteiger partial charge in [0.05, 0.1) is 4.88 Å². The van der Waals surface area contributed by atoms with Crippen LogP contribution in [0.3, 0.4) is 0 Å². The standard InChI is InChI=1S/C14H14OS/c1-2-3-4-8-12(15)14-10-11-7-5-6-9-13(11)16-14/h2,5-7,9-10H,1,3-4,8H2. The van der Waals surface area contributed by atoms with Crippen molar-refractivity contribution < 1.29 is 4.79 Å². The van der Waals surface area contributed by atoms with Gasteiger partial charge in [0.15, 0.2) is 5.78 Å². The molecule has 0 unspecified atom stereocenters. The van der Waals surface area contributed by atoms with Crippen LogP contribution in [-0.2, 0) is 0 Å². The molecule has 0 N–H and O–H groups in total. The van der Waals surface area contributed by atoms with E-state index in [1.165, 1.54) is 10.1 Å². The number of unbranched alkanes of at least 4 members (excludes halogenated alkanes) is 1. The van der Waals surface area contributed by atoms with Gasteiger partial charge < -0.3 is 0 Å². The number of hydrogen-bond donors (Lipinski definition) is 0. The van der Waals surface area contributed by atoms with Crippen LogP contribution in [0.2, 0.25) is 0 Å². The Labute approximate surface area is 99.4 Å². The molecular formula is C14H14OS. The molecule has 2 rings (SSSR count).